The predicted molar refractivity (Wildman–Crippen MR) is 80.2 cm³/mol. The van der Waals surface area contributed by atoms with E-state index < -0.39 is 0 Å². The van der Waals surface area contributed by atoms with Gasteiger partial charge in [0.05, 0.1) is 6.10 Å². The molecule has 3 atom stereocenters. The summed E-state index contributed by atoms with van der Waals surface area (Å²) in [5.74, 6) is 0.305. The average Bonchev–Trinajstić information content (AvgIpc) is 2.46. The van der Waals surface area contributed by atoms with Gasteiger partial charge in [-0.3, -0.25) is 0 Å². The molecule has 1 aromatic carbocycles. The second-order valence-corrected chi connectivity index (χ2v) is 6.08. The second-order valence-electron chi connectivity index (χ2n) is 6.08. The first-order chi connectivity index (χ1) is 9.15. The minimum atomic E-state index is -0.334. The van der Waals surface area contributed by atoms with Crippen molar-refractivity contribution < 1.29 is 5.11 Å². The Morgan fingerprint density at radius 1 is 1.37 bits per heavy atom. The summed E-state index contributed by atoms with van der Waals surface area (Å²) in [4.78, 5) is 0. The van der Waals surface area contributed by atoms with Crippen molar-refractivity contribution in [3.05, 3.63) is 35.4 Å². The van der Waals surface area contributed by atoms with Crippen LogP contribution >= 0.6 is 0 Å². The molecule has 2 heteroatoms. The summed E-state index contributed by atoms with van der Waals surface area (Å²) < 4.78 is 0. The van der Waals surface area contributed by atoms with E-state index in [2.05, 4.69) is 38.1 Å². The molecule has 1 aliphatic rings. The summed E-state index contributed by atoms with van der Waals surface area (Å²) in [5, 5.41) is 10.9. The van der Waals surface area contributed by atoms with Crippen molar-refractivity contribution in [3.63, 3.8) is 0 Å². The van der Waals surface area contributed by atoms with Crippen LogP contribution in [0, 0.1) is 5.92 Å². The number of hydrogen-bond donors (Lipinski definition) is 2. The lowest BCUT2D eigenvalue weighted by atomic mass is 9.63. The number of benzene rings is 1. The topological polar surface area (TPSA) is 46.2 Å². The summed E-state index contributed by atoms with van der Waals surface area (Å²) in [7, 11) is 0. The molecule has 0 heterocycles. The summed E-state index contributed by atoms with van der Waals surface area (Å²) in [6.07, 6.45) is 5.09. The summed E-state index contributed by atoms with van der Waals surface area (Å²) >= 11 is 0. The van der Waals surface area contributed by atoms with Crippen LogP contribution in [-0.4, -0.2) is 17.8 Å². The van der Waals surface area contributed by atoms with Crippen molar-refractivity contribution in [1.82, 2.24) is 0 Å². The Hall–Kier alpha value is -0.860. The van der Waals surface area contributed by atoms with Gasteiger partial charge in [0.25, 0.3) is 0 Å². The zero-order chi connectivity index (χ0) is 13.9. The maximum atomic E-state index is 10.9. The molecule has 0 radical (unpaired) electrons. The number of aliphatic hydroxyl groups is 1. The molecule has 0 bridgehead atoms. The Bertz CT molecular complexity index is 417. The number of aliphatic hydroxyl groups excluding tert-OH is 1. The molecule has 1 aromatic rings. The van der Waals surface area contributed by atoms with Gasteiger partial charge < -0.3 is 10.8 Å². The minimum absolute atomic E-state index is 0.233. The lowest BCUT2D eigenvalue weighted by Crippen LogP contribution is -2.50. The molecule has 0 aliphatic heterocycles. The molecule has 0 spiro atoms. The van der Waals surface area contributed by atoms with Gasteiger partial charge in [-0.2, -0.15) is 0 Å². The van der Waals surface area contributed by atoms with Crippen molar-refractivity contribution in [2.45, 2.75) is 57.5 Å². The smallest absolute Gasteiger partial charge is 0.0674 e. The second kappa shape index (κ2) is 6.06. The van der Waals surface area contributed by atoms with Gasteiger partial charge >= 0.3 is 0 Å². The van der Waals surface area contributed by atoms with Crippen LogP contribution in [0.1, 0.15) is 50.7 Å². The van der Waals surface area contributed by atoms with Gasteiger partial charge in [-0.1, -0.05) is 44.5 Å². The van der Waals surface area contributed by atoms with Crippen molar-refractivity contribution in [2.24, 2.45) is 11.7 Å². The third-order valence-corrected chi connectivity index (χ3v) is 4.84. The predicted octanol–water partition coefficient (Wildman–Crippen LogP) is 3.02. The molecule has 2 nitrogen and oxygen atoms in total. The van der Waals surface area contributed by atoms with Crippen LogP contribution in [-0.2, 0) is 11.8 Å². The van der Waals surface area contributed by atoms with E-state index in [4.69, 9.17) is 5.73 Å². The molecule has 3 unspecified atom stereocenters. The number of aryl methyl sites for hydroxylation is 1. The SMILES string of the molecule is CCCC(C)C(O)C1(CN)CCCc2ccccc21. The van der Waals surface area contributed by atoms with Gasteiger partial charge in [0.15, 0.2) is 0 Å². The molecule has 2 rings (SSSR count). The highest BCUT2D eigenvalue weighted by Crippen LogP contribution is 2.42. The van der Waals surface area contributed by atoms with Crippen LogP contribution in [0.3, 0.4) is 0 Å². The van der Waals surface area contributed by atoms with Crippen LogP contribution < -0.4 is 5.73 Å². The standard InChI is InChI=1S/C17H27NO/c1-3-7-13(2)16(19)17(12-18)11-6-9-14-8-4-5-10-15(14)17/h4-5,8,10,13,16,19H,3,6-7,9,11-12,18H2,1-2H3. The van der Waals surface area contributed by atoms with Gasteiger partial charge in [-0.15, -0.1) is 0 Å². The van der Waals surface area contributed by atoms with E-state index in [1.165, 1.54) is 11.1 Å². The van der Waals surface area contributed by atoms with Crippen molar-refractivity contribution >= 4 is 0 Å². The van der Waals surface area contributed by atoms with Crippen LogP contribution in [0.25, 0.3) is 0 Å². The van der Waals surface area contributed by atoms with Gasteiger partial charge in [0, 0.05) is 12.0 Å². The van der Waals surface area contributed by atoms with E-state index in [1.807, 2.05) is 0 Å². The molecule has 1 aliphatic carbocycles. The Morgan fingerprint density at radius 3 is 2.79 bits per heavy atom. The normalized spacial score (nSPS) is 25.7. The molecule has 106 valence electrons. The van der Waals surface area contributed by atoms with Crippen LogP contribution in [0.4, 0.5) is 0 Å². The van der Waals surface area contributed by atoms with E-state index in [0.717, 1.165) is 32.1 Å². The monoisotopic (exact) mass is 261 g/mol. The molecule has 0 fully saturated rings. The minimum Gasteiger partial charge on any atom is -0.392 e. The molecule has 0 saturated heterocycles. The summed E-state index contributed by atoms with van der Waals surface area (Å²) in [6, 6.07) is 8.53. The average molecular weight is 261 g/mol. The van der Waals surface area contributed by atoms with E-state index >= 15 is 0 Å². The number of nitrogens with two attached hydrogens (primary N) is 1. The van der Waals surface area contributed by atoms with E-state index in [1.54, 1.807) is 0 Å². The number of hydrogen-bond acceptors (Lipinski definition) is 2. The highest BCUT2D eigenvalue weighted by Gasteiger charge is 2.43. The zero-order valence-electron chi connectivity index (χ0n) is 12.2. The highest BCUT2D eigenvalue weighted by atomic mass is 16.3. The fourth-order valence-electron chi connectivity index (χ4n) is 3.75. The Morgan fingerprint density at radius 2 is 2.11 bits per heavy atom. The lowest BCUT2D eigenvalue weighted by Gasteiger charge is -2.44. The van der Waals surface area contributed by atoms with Crippen molar-refractivity contribution in [3.8, 4) is 0 Å². The molecular formula is C17H27NO. The Kier molecular flexibility index (Phi) is 4.64. The highest BCUT2D eigenvalue weighted by molar-refractivity contribution is 5.38. The first kappa shape index (κ1) is 14.5. The molecule has 0 amide bonds. The Labute approximate surface area is 117 Å². The summed E-state index contributed by atoms with van der Waals surface area (Å²) in [5.41, 5.74) is 8.56. The first-order valence-electron chi connectivity index (χ1n) is 7.62. The van der Waals surface area contributed by atoms with E-state index in [-0.39, 0.29) is 11.5 Å². The lowest BCUT2D eigenvalue weighted by molar-refractivity contribution is 0.0247. The van der Waals surface area contributed by atoms with Crippen molar-refractivity contribution in [1.29, 1.82) is 0 Å². The molecular weight excluding hydrogens is 234 g/mol. The fourth-order valence-corrected chi connectivity index (χ4v) is 3.75. The number of rotatable bonds is 5. The quantitative estimate of drug-likeness (QED) is 0.856. The largest absolute Gasteiger partial charge is 0.392 e. The van der Waals surface area contributed by atoms with Crippen LogP contribution in [0.5, 0.6) is 0 Å². The van der Waals surface area contributed by atoms with Crippen LogP contribution in [0.2, 0.25) is 0 Å². The third kappa shape index (κ3) is 2.56. The molecule has 0 aromatic heterocycles. The number of fused-ring (bicyclic) bond motifs is 1. The third-order valence-electron chi connectivity index (χ3n) is 4.84. The van der Waals surface area contributed by atoms with Gasteiger partial charge in [-0.05, 0) is 42.7 Å². The molecule has 0 saturated carbocycles. The first-order valence-corrected chi connectivity index (χ1v) is 7.62. The maximum Gasteiger partial charge on any atom is 0.0674 e. The van der Waals surface area contributed by atoms with Gasteiger partial charge in [0.1, 0.15) is 0 Å². The van der Waals surface area contributed by atoms with Crippen LogP contribution in [0.15, 0.2) is 24.3 Å². The maximum absolute atomic E-state index is 10.9. The van der Waals surface area contributed by atoms with E-state index in [0.29, 0.717) is 12.5 Å². The van der Waals surface area contributed by atoms with Crippen molar-refractivity contribution in [2.75, 3.05) is 6.54 Å². The Balaban J connectivity index is 2.38. The van der Waals surface area contributed by atoms with Gasteiger partial charge in [-0.25, -0.2) is 0 Å². The summed E-state index contributed by atoms with van der Waals surface area (Å²) in [6.45, 7) is 4.87. The zero-order valence-corrected chi connectivity index (χ0v) is 12.2. The van der Waals surface area contributed by atoms with E-state index in [9.17, 15) is 5.11 Å². The van der Waals surface area contributed by atoms with Gasteiger partial charge in [0.2, 0.25) is 0 Å². The fraction of sp³-hybridized carbons (Fsp3) is 0.647. The molecule has 3 N–H and O–H groups in total. The molecule has 19 heavy (non-hydrogen) atoms.